The summed E-state index contributed by atoms with van der Waals surface area (Å²) in [6.45, 7) is 21.9. The maximum absolute atomic E-state index is 11.5. The van der Waals surface area contributed by atoms with Crippen LogP contribution in [0.25, 0.3) is 0 Å². The van der Waals surface area contributed by atoms with Gasteiger partial charge in [-0.25, -0.2) is 0 Å². The van der Waals surface area contributed by atoms with E-state index in [0.29, 0.717) is 32.0 Å². The summed E-state index contributed by atoms with van der Waals surface area (Å²) in [6, 6.07) is -0.375. The molecule has 5 nitrogen and oxygen atoms in total. The van der Waals surface area contributed by atoms with Gasteiger partial charge in [0.05, 0.1) is 19.1 Å². The fourth-order valence-corrected chi connectivity index (χ4v) is 4.58. The van der Waals surface area contributed by atoms with Gasteiger partial charge in [0.2, 0.25) is 0 Å². The van der Waals surface area contributed by atoms with Gasteiger partial charge in [-0.2, -0.15) is 11.8 Å². The third-order valence-corrected chi connectivity index (χ3v) is 7.23. The summed E-state index contributed by atoms with van der Waals surface area (Å²) in [5.74, 6) is 2.79. The van der Waals surface area contributed by atoms with Crippen molar-refractivity contribution in [3.8, 4) is 0 Å². The average Bonchev–Trinajstić information content (AvgIpc) is 3.01. The van der Waals surface area contributed by atoms with E-state index >= 15 is 0 Å². The lowest BCUT2D eigenvalue weighted by Crippen LogP contribution is -2.21. The first-order valence-electron chi connectivity index (χ1n) is 17.5. The number of carbonyl (C=O) groups is 2. The van der Waals surface area contributed by atoms with Crippen molar-refractivity contribution in [1.29, 1.82) is 0 Å². The first-order chi connectivity index (χ1) is 19.9. The molecule has 0 aromatic rings. The molecule has 0 aliphatic carbocycles. The molecule has 0 heterocycles. The van der Waals surface area contributed by atoms with Crippen LogP contribution in [-0.2, 0) is 14.3 Å². The molecule has 3 N–H and O–H groups in total. The van der Waals surface area contributed by atoms with Gasteiger partial charge in [-0.3, -0.25) is 4.79 Å². The predicted molar refractivity (Wildman–Crippen MR) is 187 cm³/mol. The number of thioether (sulfide) groups is 1. The molecule has 0 aromatic heterocycles. The molecule has 0 radical (unpaired) electrons. The number of rotatable bonds is 24. The van der Waals surface area contributed by atoms with Gasteiger partial charge in [0.15, 0.2) is 0 Å². The van der Waals surface area contributed by atoms with Gasteiger partial charge in [0.1, 0.15) is 6.29 Å². The summed E-state index contributed by atoms with van der Waals surface area (Å²) in [5.41, 5.74) is 5.48. The van der Waals surface area contributed by atoms with Crippen molar-refractivity contribution in [2.45, 2.75) is 178 Å². The van der Waals surface area contributed by atoms with Crippen LogP contribution in [0.3, 0.4) is 0 Å². The second kappa shape index (κ2) is 49.1. The van der Waals surface area contributed by atoms with Gasteiger partial charge in [0, 0.05) is 12.4 Å². The molecular weight excluding hydrogens is 530 g/mol. The minimum atomic E-state index is -0.375. The Balaban J connectivity index is -0.000000193. The van der Waals surface area contributed by atoms with Crippen LogP contribution in [0.1, 0.15) is 172 Å². The fraction of sp³-hybridized carbons (Fsp3) is 0.943. The minimum absolute atomic E-state index is 0.119. The van der Waals surface area contributed by atoms with E-state index in [1.54, 1.807) is 11.8 Å². The molecule has 0 aliphatic rings. The zero-order valence-corrected chi connectivity index (χ0v) is 30.4. The van der Waals surface area contributed by atoms with Crippen molar-refractivity contribution in [3.05, 3.63) is 0 Å². The Labute approximate surface area is 263 Å². The first-order valence-corrected chi connectivity index (χ1v) is 18.6. The Morgan fingerprint density at radius 2 is 1.29 bits per heavy atom. The Hall–Kier alpha value is -0.590. The number of unbranched alkanes of at least 4 members (excludes halogenated alkanes) is 9. The van der Waals surface area contributed by atoms with Crippen molar-refractivity contribution in [2.24, 2.45) is 17.6 Å². The molecule has 0 aromatic carbocycles. The van der Waals surface area contributed by atoms with E-state index in [4.69, 9.17) is 15.6 Å². The van der Waals surface area contributed by atoms with Crippen LogP contribution >= 0.6 is 11.8 Å². The van der Waals surface area contributed by atoms with Crippen LogP contribution in [0.5, 0.6) is 0 Å². The van der Waals surface area contributed by atoms with E-state index in [1.807, 2.05) is 41.5 Å². The van der Waals surface area contributed by atoms with Gasteiger partial charge >= 0.3 is 5.97 Å². The second-order valence-electron chi connectivity index (χ2n) is 10.1. The van der Waals surface area contributed by atoms with Crippen LogP contribution in [0.2, 0.25) is 0 Å². The highest BCUT2D eigenvalue weighted by molar-refractivity contribution is 7.99. The lowest BCUT2D eigenvalue weighted by atomic mass is 9.99. The molecule has 6 heteroatoms. The van der Waals surface area contributed by atoms with Crippen molar-refractivity contribution >= 4 is 24.0 Å². The Morgan fingerprint density at radius 1 is 0.780 bits per heavy atom. The molecule has 0 spiro atoms. The lowest BCUT2D eigenvalue weighted by molar-refractivity contribution is -0.143. The minimum Gasteiger partial charge on any atom is -0.466 e. The first kappa shape index (κ1) is 50.1. The fourth-order valence-electron chi connectivity index (χ4n) is 3.63. The molecule has 0 fully saturated rings. The summed E-state index contributed by atoms with van der Waals surface area (Å²) < 4.78 is 5.20. The van der Waals surface area contributed by atoms with Crippen LogP contribution in [0.15, 0.2) is 0 Å². The predicted octanol–water partition coefficient (Wildman–Crippen LogP) is 10.4. The molecule has 0 aliphatic heterocycles. The molecule has 2 unspecified atom stereocenters. The second-order valence-corrected chi connectivity index (χ2v) is 11.4. The Bertz CT molecular complexity index is 446. The number of ether oxygens (including phenoxy) is 1. The standard InChI is InChI=1S/C17H33NO3S.C12H26O.3C2H6/c1-15(2)8-6-4-3-5-7-11-21-17(20)10-13-22-12-9-16(18)14-19;1-3-5-6-7-8-9-10-12(4-2)11-13;3*1-2/h14-16H,3-13,18H2,1-2H3;12-13H,3-11H2,1-2H3;3*1-2H3. The van der Waals surface area contributed by atoms with E-state index < -0.39 is 0 Å². The largest absolute Gasteiger partial charge is 0.466 e. The molecule has 0 amide bonds. The highest BCUT2D eigenvalue weighted by Gasteiger charge is 2.05. The van der Waals surface area contributed by atoms with E-state index in [9.17, 15) is 9.59 Å². The molecule has 0 rings (SSSR count). The van der Waals surface area contributed by atoms with E-state index in [-0.39, 0.29) is 12.0 Å². The molecule has 41 heavy (non-hydrogen) atoms. The lowest BCUT2D eigenvalue weighted by Gasteiger charge is -2.10. The summed E-state index contributed by atoms with van der Waals surface area (Å²) in [7, 11) is 0. The van der Waals surface area contributed by atoms with Crippen molar-refractivity contribution in [1.82, 2.24) is 0 Å². The van der Waals surface area contributed by atoms with Crippen LogP contribution in [0, 0.1) is 11.8 Å². The zero-order valence-electron chi connectivity index (χ0n) is 29.6. The van der Waals surface area contributed by atoms with Crippen molar-refractivity contribution in [2.75, 3.05) is 24.7 Å². The van der Waals surface area contributed by atoms with E-state index in [0.717, 1.165) is 43.0 Å². The summed E-state index contributed by atoms with van der Waals surface area (Å²) in [4.78, 5) is 21.8. The maximum atomic E-state index is 11.5. The maximum Gasteiger partial charge on any atom is 0.306 e. The Morgan fingerprint density at radius 3 is 1.78 bits per heavy atom. The SMILES string of the molecule is CC.CC.CC.CC(C)CCCCCCCOC(=O)CCSCCC(N)C=O.CCCCCCCCC(CC)CO. The van der Waals surface area contributed by atoms with Crippen LogP contribution in [-0.4, -0.2) is 48.1 Å². The summed E-state index contributed by atoms with van der Waals surface area (Å²) in [6.07, 6.45) is 19.6. The third kappa shape index (κ3) is 52.5. The number of hydrogen-bond donors (Lipinski definition) is 2. The molecule has 2 atom stereocenters. The van der Waals surface area contributed by atoms with E-state index in [1.165, 1.54) is 70.6 Å². The number of aliphatic hydroxyl groups excluding tert-OH is 1. The number of nitrogens with two attached hydrogens (primary N) is 1. The van der Waals surface area contributed by atoms with E-state index in [2.05, 4.69) is 27.7 Å². The highest BCUT2D eigenvalue weighted by atomic mass is 32.2. The smallest absolute Gasteiger partial charge is 0.306 e. The number of aliphatic hydroxyl groups is 1. The summed E-state index contributed by atoms with van der Waals surface area (Å²) >= 11 is 1.64. The van der Waals surface area contributed by atoms with Gasteiger partial charge in [0.25, 0.3) is 0 Å². The van der Waals surface area contributed by atoms with Crippen molar-refractivity contribution in [3.63, 3.8) is 0 Å². The Kier molecular flexibility index (Phi) is 60.0. The monoisotopic (exact) mass is 608 g/mol. The highest BCUT2D eigenvalue weighted by Crippen LogP contribution is 2.14. The molecule has 0 saturated carbocycles. The third-order valence-electron chi connectivity index (χ3n) is 6.21. The number of esters is 1. The normalized spacial score (nSPS) is 11.2. The molecule has 0 bridgehead atoms. The van der Waals surface area contributed by atoms with Crippen LogP contribution in [0.4, 0.5) is 0 Å². The van der Waals surface area contributed by atoms with Gasteiger partial charge < -0.3 is 20.4 Å². The number of aldehydes is 1. The van der Waals surface area contributed by atoms with Gasteiger partial charge in [-0.15, -0.1) is 0 Å². The van der Waals surface area contributed by atoms with Crippen molar-refractivity contribution < 1.29 is 19.4 Å². The number of carbonyl (C=O) groups excluding carboxylic acids is 2. The topological polar surface area (TPSA) is 89.6 Å². The van der Waals surface area contributed by atoms with Gasteiger partial charge in [-0.05, 0) is 36.9 Å². The average molecular weight is 608 g/mol. The molecule has 252 valence electrons. The zero-order chi connectivity index (χ0) is 32.6. The van der Waals surface area contributed by atoms with Crippen LogP contribution < -0.4 is 5.73 Å². The molecular formula is C35H77NO4S. The molecule has 0 saturated heterocycles. The number of hydrogen-bond acceptors (Lipinski definition) is 6. The van der Waals surface area contributed by atoms with Gasteiger partial charge in [-0.1, -0.05) is 146 Å². The quantitative estimate of drug-likeness (QED) is 0.0644. The summed E-state index contributed by atoms with van der Waals surface area (Å²) in [5, 5.41) is 8.97.